The molecule has 1 aromatic carbocycles. The van der Waals surface area contributed by atoms with Crippen LogP contribution in [0.15, 0.2) is 9.59 Å². The van der Waals surface area contributed by atoms with Gasteiger partial charge in [-0.1, -0.05) is 169 Å². The van der Waals surface area contributed by atoms with Gasteiger partial charge in [-0.05, 0) is 83.3 Å². The maximum atomic E-state index is 12.1. The van der Waals surface area contributed by atoms with Crippen LogP contribution in [0.3, 0.4) is 0 Å². The molecule has 2 atom stereocenters. The molecular weight excluding hydrogens is 755 g/mol. The molecule has 0 amide bonds. The maximum Gasteiger partial charge on any atom is 0.508 e. The molecule has 0 heterocycles. The topological polar surface area (TPSA) is 126 Å². The number of anilines is 2. The largest absolute Gasteiger partial charge is 0.508 e. The molecule has 10 heteroatoms. The van der Waals surface area contributed by atoms with E-state index in [1.807, 2.05) is 0 Å². The number of unbranched alkanes of at least 4 members (excludes halogenated alkanes) is 21. The van der Waals surface area contributed by atoms with Gasteiger partial charge in [0.2, 0.25) is 0 Å². The molecule has 0 aliphatic carbocycles. The smallest absolute Gasteiger partial charge is 0.434 e. The summed E-state index contributed by atoms with van der Waals surface area (Å²) in [6, 6.07) is 0. The summed E-state index contributed by atoms with van der Waals surface area (Å²) in [7, 11) is 1.67. The zero-order valence-electron chi connectivity index (χ0n) is 39.7. The molecule has 60 heavy (non-hydrogen) atoms. The van der Waals surface area contributed by atoms with Crippen LogP contribution in [0.4, 0.5) is 16.2 Å². The molecule has 352 valence electrons. The first-order chi connectivity index (χ1) is 29.3. The molecular formula is C50H95N3O7. The second kappa shape index (κ2) is 39.7. The van der Waals surface area contributed by atoms with Gasteiger partial charge in [-0.3, -0.25) is 9.59 Å². The fourth-order valence-electron chi connectivity index (χ4n) is 8.09. The van der Waals surface area contributed by atoms with Crippen LogP contribution in [-0.2, 0) is 14.2 Å². The highest BCUT2D eigenvalue weighted by Crippen LogP contribution is 2.20. The van der Waals surface area contributed by atoms with Crippen LogP contribution in [0.5, 0.6) is 0 Å². The van der Waals surface area contributed by atoms with Crippen LogP contribution in [-0.4, -0.2) is 75.0 Å². The molecule has 0 saturated carbocycles. The highest BCUT2D eigenvalue weighted by molar-refractivity contribution is 5.73. The molecule has 0 aliphatic rings. The lowest BCUT2D eigenvalue weighted by Gasteiger charge is -2.23. The third-order valence-corrected chi connectivity index (χ3v) is 12.0. The summed E-state index contributed by atoms with van der Waals surface area (Å²) in [5, 5.41) is 16.8. The van der Waals surface area contributed by atoms with E-state index in [1.54, 1.807) is 7.05 Å². The van der Waals surface area contributed by atoms with Gasteiger partial charge in [0.25, 0.3) is 10.9 Å². The quantitative estimate of drug-likeness (QED) is 0.0253. The Kier molecular flexibility index (Phi) is 36.9. The number of ether oxygens (including phenoxy) is 3. The summed E-state index contributed by atoms with van der Waals surface area (Å²) in [6.07, 6.45) is 35.0. The summed E-state index contributed by atoms with van der Waals surface area (Å²) in [4.78, 5) is 38.3. The number of nitrogens with one attached hydrogen (secondary N) is 2. The summed E-state index contributed by atoms with van der Waals surface area (Å²) in [5.74, 6) is 0.363. The van der Waals surface area contributed by atoms with Crippen LogP contribution in [0, 0.1) is 5.92 Å². The Hall–Kier alpha value is -2.17. The van der Waals surface area contributed by atoms with Gasteiger partial charge in [0.15, 0.2) is 6.29 Å². The van der Waals surface area contributed by atoms with E-state index in [2.05, 4.69) is 43.2 Å². The van der Waals surface area contributed by atoms with Crippen molar-refractivity contribution < 1.29 is 24.1 Å². The molecule has 0 fully saturated rings. The number of carbonyl (C=O) groups excluding carboxylic acids is 1. The van der Waals surface area contributed by atoms with Crippen molar-refractivity contribution >= 4 is 17.5 Å². The van der Waals surface area contributed by atoms with E-state index in [1.165, 1.54) is 109 Å². The van der Waals surface area contributed by atoms with Gasteiger partial charge >= 0.3 is 6.16 Å². The molecule has 0 saturated heterocycles. The number of nitrogens with zero attached hydrogens (tertiary/aromatic N) is 1. The molecule has 1 rings (SSSR count). The van der Waals surface area contributed by atoms with Gasteiger partial charge < -0.3 is 34.9 Å². The number of aliphatic hydroxyl groups excluding tert-OH is 1. The van der Waals surface area contributed by atoms with Crippen LogP contribution >= 0.6 is 0 Å². The van der Waals surface area contributed by atoms with Crippen molar-refractivity contribution in [2.24, 2.45) is 5.92 Å². The van der Waals surface area contributed by atoms with E-state index >= 15 is 0 Å². The molecule has 0 aliphatic heterocycles. The SMILES string of the molecule is CCCCCCCCC(CCCCCCCC)OC(O)CCCCCCCN(CCCCCCOC(=O)OCC(C)CCCCCCC)CCCNc1c(NC)c(=O)c1=O. The lowest BCUT2D eigenvalue weighted by atomic mass is 10.0. The van der Waals surface area contributed by atoms with Crippen molar-refractivity contribution in [2.45, 2.75) is 239 Å². The molecule has 0 spiro atoms. The van der Waals surface area contributed by atoms with Gasteiger partial charge in [-0.25, -0.2) is 4.79 Å². The Bertz CT molecular complexity index is 1170. The van der Waals surface area contributed by atoms with E-state index in [0.717, 1.165) is 103 Å². The van der Waals surface area contributed by atoms with Crippen molar-refractivity contribution in [3.8, 4) is 0 Å². The fraction of sp³-hybridized carbons (Fsp3) is 0.900. The Morgan fingerprint density at radius 2 is 1.02 bits per heavy atom. The molecule has 10 nitrogen and oxygen atoms in total. The zero-order valence-corrected chi connectivity index (χ0v) is 39.7. The fourth-order valence-corrected chi connectivity index (χ4v) is 8.09. The number of rotatable bonds is 45. The number of hydrogen-bond donors (Lipinski definition) is 3. The van der Waals surface area contributed by atoms with E-state index in [-0.39, 0.29) is 6.10 Å². The van der Waals surface area contributed by atoms with Gasteiger partial charge in [-0.15, -0.1) is 0 Å². The normalized spacial score (nSPS) is 12.7. The first kappa shape index (κ1) is 55.8. The van der Waals surface area contributed by atoms with Gasteiger partial charge in [0.1, 0.15) is 11.4 Å². The van der Waals surface area contributed by atoms with Crippen LogP contribution in [0.1, 0.15) is 227 Å². The van der Waals surface area contributed by atoms with E-state index in [4.69, 9.17) is 14.2 Å². The van der Waals surface area contributed by atoms with E-state index in [9.17, 15) is 19.5 Å². The number of carbonyl (C=O) groups is 1. The molecule has 3 N–H and O–H groups in total. The van der Waals surface area contributed by atoms with Crippen molar-refractivity contribution in [3.05, 3.63) is 20.4 Å². The summed E-state index contributed by atoms with van der Waals surface area (Å²) in [6.45, 7) is 13.3. The van der Waals surface area contributed by atoms with Crippen molar-refractivity contribution in [2.75, 3.05) is 57.1 Å². The Morgan fingerprint density at radius 3 is 1.57 bits per heavy atom. The van der Waals surface area contributed by atoms with E-state index < -0.39 is 23.3 Å². The average molecular weight is 850 g/mol. The molecule has 0 radical (unpaired) electrons. The Labute approximate surface area is 368 Å². The Balaban J connectivity index is 2.38. The third-order valence-electron chi connectivity index (χ3n) is 12.0. The number of hydrogen-bond acceptors (Lipinski definition) is 10. The average Bonchev–Trinajstić information content (AvgIpc) is 3.24. The standard InChI is InChI=1S/C50H95N3O7/c1-6-9-12-15-19-26-34-44(35-27-20-16-13-10-7-2)60-45(54)36-28-21-17-22-29-38-53(40-32-37-52-47-46(51-5)48(55)49(47)56)39-30-23-24-31-41-58-50(57)59-42-43(4)33-25-18-14-11-8-3/h43-45,51-52,54H,6-42H2,1-5H3. The van der Waals surface area contributed by atoms with Gasteiger partial charge in [0, 0.05) is 13.6 Å². The predicted octanol–water partition coefficient (Wildman–Crippen LogP) is 12.7. The van der Waals surface area contributed by atoms with Gasteiger partial charge in [0.05, 0.1) is 19.3 Å². The van der Waals surface area contributed by atoms with Gasteiger partial charge in [-0.2, -0.15) is 0 Å². The minimum Gasteiger partial charge on any atom is -0.434 e. The zero-order chi connectivity index (χ0) is 43.9. The van der Waals surface area contributed by atoms with Crippen LogP contribution in [0.2, 0.25) is 0 Å². The summed E-state index contributed by atoms with van der Waals surface area (Å²) >= 11 is 0. The summed E-state index contributed by atoms with van der Waals surface area (Å²) < 4.78 is 16.9. The predicted molar refractivity (Wildman–Crippen MR) is 253 cm³/mol. The highest BCUT2D eigenvalue weighted by Gasteiger charge is 2.19. The molecule has 1 aromatic rings. The third kappa shape index (κ3) is 30.0. The first-order valence-electron chi connectivity index (χ1n) is 25.4. The lowest BCUT2D eigenvalue weighted by Crippen LogP contribution is -2.37. The highest BCUT2D eigenvalue weighted by atomic mass is 16.7. The van der Waals surface area contributed by atoms with Crippen molar-refractivity contribution in [1.29, 1.82) is 0 Å². The minimum atomic E-state index is -0.656. The molecule has 0 bridgehead atoms. The lowest BCUT2D eigenvalue weighted by molar-refractivity contribution is -0.144. The second-order valence-electron chi connectivity index (χ2n) is 17.8. The van der Waals surface area contributed by atoms with Crippen molar-refractivity contribution in [1.82, 2.24) is 4.90 Å². The van der Waals surface area contributed by atoms with E-state index in [0.29, 0.717) is 43.5 Å². The maximum absolute atomic E-state index is 12.1. The monoisotopic (exact) mass is 850 g/mol. The molecule has 2 unspecified atom stereocenters. The minimum absolute atomic E-state index is 0.183. The number of aliphatic hydroxyl groups is 1. The van der Waals surface area contributed by atoms with Crippen LogP contribution in [0.25, 0.3) is 0 Å². The summed E-state index contributed by atoms with van der Waals surface area (Å²) in [5.41, 5.74) is -0.0807. The molecule has 0 aromatic heterocycles. The van der Waals surface area contributed by atoms with Crippen LogP contribution < -0.4 is 21.5 Å². The Morgan fingerprint density at radius 1 is 0.567 bits per heavy atom. The van der Waals surface area contributed by atoms with Crippen molar-refractivity contribution in [3.63, 3.8) is 0 Å². The first-order valence-corrected chi connectivity index (χ1v) is 25.4. The second-order valence-corrected chi connectivity index (χ2v) is 17.8.